The van der Waals surface area contributed by atoms with Crippen molar-refractivity contribution in [3.63, 3.8) is 0 Å². The molecule has 2 heterocycles. The second-order valence-electron chi connectivity index (χ2n) is 5.63. The van der Waals surface area contributed by atoms with Gasteiger partial charge >= 0.3 is 6.09 Å². The molecule has 2 aliphatic rings. The van der Waals surface area contributed by atoms with Crippen LogP contribution in [0.5, 0.6) is 0 Å². The highest BCUT2D eigenvalue weighted by Crippen LogP contribution is 2.53. The van der Waals surface area contributed by atoms with Gasteiger partial charge in [-0.05, 0) is 30.9 Å². The largest absolute Gasteiger partial charge is 0.465 e. The van der Waals surface area contributed by atoms with E-state index in [4.69, 9.17) is 16.1 Å². The summed E-state index contributed by atoms with van der Waals surface area (Å²) in [7, 11) is 0. The van der Waals surface area contributed by atoms with Crippen molar-refractivity contribution in [3.05, 3.63) is 41.0 Å². The van der Waals surface area contributed by atoms with Crippen molar-refractivity contribution >= 4 is 17.7 Å². The van der Waals surface area contributed by atoms with Crippen LogP contribution in [0.3, 0.4) is 0 Å². The number of fused-ring (bicyclic) bond motifs is 1. The number of amides is 1. The van der Waals surface area contributed by atoms with Gasteiger partial charge in [0.15, 0.2) is 5.76 Å². The first-order chi connectivity index (χ1) is 10.1. The van der Waals surface area contributed by atoms with Crippen molar-refractivity contribution in [2.24, 2.45) is 5.92 Å². The highest BCUT2D eigenvalue weighted by molar-refractivity contribution is 6.30. The highest BCUT2D eigenvalue weighted by Gasteiger charge is 2.55. The fourth-order valence-corrected chi connectivity index (χ4v) is 3.41. The summed E-state index contributed by atoms with van der Waals surface area (Å²) in [4.78, 5) is 12.9. The number of hydrogen-bond acceptors (Lipinski definition) is 3. The van der Waals surface area contributed by atoms with Crippen molar-refractivity contribution < 1.29 is 14.4 Å². The van der Waals surface area contributed by atoms with Crippen LogP contribution < -0.4 is 0 Å². The molecule has 1 aliphatic heterocycles. The van der Waals surface area contributed by atoms with Gasteiger partial charge in [-0.2, -0.15) is 0 Å². The van der Waals surface area contributed by atoms with Crippen LogP contribution in [0.2, 0.25) is 5.02 Å². The Bertz CT molecular complexity index is 714. The minimum Gasteiger partial charge on any atom is -0.465 e. The Morgan fingerprint density at radius 2 is 2.24 bits per heavy atom. The van der Waals surface area contributed by atoms with E-state index in [1.165, 1.54) is 4.90 Å². The van der Waals surface area contributed by atoms with Crippen LogP contribution in [0.25, 0.3) is 11.3 Å². The Morgan fingerprint density at radius 3 is 3.00 bits per heavy atom. The molecule has 1 aromatic heterocycles. The van der Waals surface area contributed by atoms with Crippen molar-refractivity contribution in [1.82, 2.24) is 10.1 Å². The maximum atomic E-state index is 11.4. The van der Waals surface area contributed by atoms with Crippen molar-refractivity contribution in [2.75, 3.05) is 0 Å². The van der Waals surface area contributed by atoms with Crippen LogP contribution in [0.15, 0.2) is 34.9 Å². The van der Waals surface area contributed by atoms with E-state index in [1.807, 2.05) is 18.2 Å². The first kappa shape index (κ1) is 12.7. The third-order valence-corrected chi connectivity index (χ3v) is 4.54. The summed E-state index contributed by atoms with van der Waals surface area (Å²) >= 11 is 5.97. The molecule has 1 N–H and O–H groups in total. The van der Waals surface area contributed by atoms with Crippen LogP contribution in [0.1, 0.15) is 24.6 Å². The molecule has 6 heteroatoms. The van der Waals surface area contributed by atoms with Gasteiger partial charge in [-0.3, -0.25) is 4.90 Å². The minimum absolute atomic E-state index is 0.166. The predicted molar refractivity (Wildman–Crippen MR) is 76.1 cm³/mol. The normalized spacial score (nSPS) is 26.7. The van der Waals surface area contributed by atoms with Gasteiger partial charge in [0, 0.05) is 22.7 Å². The maximum absolute atomic E-state index is 11.4. The van der Waals surface area contributed by atoms with Gasteiger partial charge in [0.25, 0.3) is 0 Å². The number of hydrogen-bond donors (Lipinski definition) is 1. The number of likely N-dealkylation sites (tertiary alicyclic amines) is 1. The molecular formula is C15H13ClN2O3. The lowest BCUT2D eigenvalue weighted by atomic mass is 10.1. The Morgan fingerprint density at radius 1 is 1.38 bits per heavy atom. The van der Waals surface area contributed by atoms with Gasteiger partial charge in [-0.15, -0.1) is 0 Å². The van der Waals surface area contributed by atoms with E-state index in [1.54, 1.807) is 12.1 Å². The highest BCUT2D eigenvalue weighted by atomic mass is 35.5. The minimum atomic E-state index is -0.877. The van der Waals surface area contributed by atoms with Crippen LogP contribution in [-0.2, 0) is 0 Å². The van der Waals surface area contributed by atoms with Crippen LogP contribution in [-0.4, -0.2) is 27.3 Å². The number of rotatable bonds is 2. The predicted octanol–water partition coefficient (Wildman–Crippen LogP) is 3.81. The van der Waals surface area contributed by atoms with E-state index in [2.05, 4.69) is 5.16 Å². The van der Waals surface area contributed by atoms with Gasteiger partial charge in [0.2, 0.25) is 0 Å². The molecule has 2 aromatic rings. The third-order valence-electron chi connectivity index (χ3n) is 4.30. The molecule has 21 heavy (non-hydrogen) atoms. The molecule has 108 valence electrons. The Labute approximate surface area is 126 Å². The Hall–Kier alpha value is -2.01. The van der Waals surface area contributed by atoms with Crippen molar-refractivity contribution in [2.45, 2.75) is 24.9 Å². The number of carbonyl (C=O) groups is 1. The summed E-state index contributed by atoms with van der Waals surface area (Å²) in [5.74, 6) is 1.09. The number of piperidine rings is 1. The molecule has 1 saturated carbocycles. The quantitative estimate of drug-likeness (QED) is 0.916. The second-order valence-corrected chi connectivity index (χ2v) is 6.07. The number of nitrogens with zero attached hydrogens (tertiary/aromatic N) is 2. The molecule has 1 amide bonds. The summed E-state index contributed by atoms with van der Waals surface area (Å²) in [6.07, 6.45) is 0.928. The summed E-state index contributed by atoms with van der Waals surface area (Å²) < 4.78 is 5.37. The number of benzene rings is 1. The average molecular weight is 305 g/mol. The van der Waals surface area contributed by atoms with Crippen LogP contribution in [0.4, 0.5) is 4.79 Å². The fourth-order valence-electron chi connectivity index (χ4n) is 3.22. The molecule has 3 atom stereocenters. The molecule has 0 radical (unpaired) electrons. The fraction of sp³-hybridized carbons (Fsp3) is 0.333. The molecular weight excluding hydrogens is 292 g/mol. The van der Waals surface area contributed by atoms with E-state index < -0.39 is 6.09 Å². The van der Waals surface area contributed by atoms with E-state index in [0.29, 0.717) is 22.4 Å². The molecule has 1 saturated heterocycles. The van der Waals surface area contributed by atoms with E-state index in [-0.39, 0.29) is 12.1 Å². The topological polar surface area (TPSA) is 66.6 Å². The Balaban J connectivity index is 1.64. The summed E-state index contributed by atoms with van der Waals surface area (Å²) in [6.45, 7) is 0. The van der Waals surface area contributed by atoms with E-state index >= 15 is 0 Å². The van der Waals surface area contributed by atoms with Gasteiger partial charge < -0.3 is 9.63 Å². The van der Waals surface area contributed by atoms with E-state index in [0.717, 1.165) is 18.4 Å². The zero-order chi connectivity index (χ0) is 14.6. The van der Waals surface area contributed by atoms with Gasteiger partial charge in [0.1, 0.15) is 5.69 Å². The Kier molecular flexibility index (Phi) is 2.72. The van der Waals surface area contributed by atoms with Gasteiger partial charge in [-0.1, -0.05) is 28.9 Å². The monoisotopic (exact) mass is 304 g/mol. The SMILES string of the molecule is O=C(O)N1[C@@H](c2cc(-c3cccc(Cl)c3)on2)C[C@H]2C[C@H]21. The maximum Gasteiger partial charge on any atom is 0.408 e. The van der Waals surface area contributed by atoms with Crippen LogP contribution in [0, 0.1) is 5.92 Å². The van der Waals surface area contributed by atoms with Crippen molar-refractivity contribution in [1.29, 1.82) is 0 Å². The summed E-state index contributed by atoms with van der Waals surface area (Å²) in [5.41, 5.74) is 1.52. The second kappa shape index (κ2) is 4.49. The standard InChI is InChI=1S/C15H13ClN2O3/c16-10-3-1-2-8(4-10)14-7-11(17-21-14)13-6-9-5-12(9)18(13)15(19)20/h1-4,7,9,12-13H,5-6H2,(H,19,20)/t9-,12-,13-/m1/s1. The van der Waals surface area contributed by atoms with Gasteiger partial charge in [0.05, 0.1) is 6.04 Å². The van der Waals surface area contributed by atoms with E-state index in [9.17, 15) is 9.90 Å². The lowest BCUT2D eigenvalue weighted by Crippen LogP contribution is -2.32. The van der Waals surface area contributed by atoms with Crippen LogP contribution >= 0.6 is 11.6 Å². The molecule has 1 aromatic carbocycles. The molecule has 1 aliphatic carbocycles. The number of carboxylic acid groups (broad SMARTS) is 1. The first-order valence-corrected chi connectivity index (χ1v) is 7.25. The zero-order valence-electron chi connectivity index (χ0n) is 11.1. The lowest BCUT2D eigenvalue weighted by molar-refractivity contribution is 0.128. The number of aromatic nitrogens is 1. The third kappa shape index (κ3) is 2.08. The zero-order valence-corrected chi connectivity index (χ0v) is 11.8. The first-order valence-electron chi connectivity index (χ1n) is 6.87. The molecule has 2 fully saturated rings. The smallest absolute Gasteiger partial charge is 0.408 e. The molecule has 0 unspecified atom stereocenters. The lowest BCUT2D eigenvalue weighted by Gasteiger charge is -2.22. The molecule has 0 spiro atoms. The summed E-state index contributed by atoms with van der Waals surface area (Å²) in [6, 6.07) is 9.11. The number of halogens is 1. The molecule has 4 rings (SSSR count). The van der Waals surface area contributed by atoms with Gasteiger partial charge in [-0.25, -0.2) is 4.79 Å². The van der Waals surface area contributed by atoms with Crippen molar-refractivity contribution in [3.8, 4) is 11.3 Å². The average Bonchev–Trinajstić information content (AvgIpc) is 2.90. The molecule has 5 nitrogen and oxygen atoms in total. The summed E-state index contributed by atoms with van der Waals surface area (Å²) in [5, 5.41) is 14.0. The molecule has 0 bridgehead atoms.